The molecule has 0 radical (unpaired) electrons. The van der Waals surface area contributed by atoms with Crippen LogP contribution in [0.1, 0.15) is 32.8 Å². The second-order valence-corrected chi connectivity index (χ2v) is 4.57. The minimum Gasteiger partial charge on any atom is -0.491 e. The predicted octanol–water partition coefficient (Wildman–Crippen LogP) is 2.89. The fourth-order valence-corrected chi connectivity index (χ4v) is 1.57. The first kappa shape index (κ1) is 14.5. The Hall–Kier alpha value is -1.58. The first-order valence-electron chi connectivity index (χ1n) is 6.20. The summed E-state index contributed by atoms with van der Waals surface area (Å²) in [6.45, 7) is 6.54. The fourth-order valence-electron chi connectivity index (χ4n) is 1.57. The van der Waals surface area contributed by atoms with Gasteiger partial charge in [-0.15, -0.1) is 0 Å². The minimum atomic E-state index is -0.396. The van der Waals surface area contributed by atoms with Gasteiger partial charge in [0.25, 0.3) is 0 Å². The van der Waals surface area contributed by atoms with Crippen molar-refractivity contribution in [3.63, 3.8) is 0 Å². The molecule has 0 aliphatic heterocycles. The molecule has 1 aromatic carbocycles. The molecule has 100 valence electrons. The predicted molar refractivity (Wildman–Crippen MR) is 68.9 cm³/mol. The van der Waals surface area contributed by atoms with Crippen molar-refractivity contribution in [2.45, 2.75) is 33.7 Å². The molecule has 0 saturated heterocycles. The van der Waals surface area contributed by atoms with Crippen molar-refractivity contribution >= 4 is 5.91 Å². The van der Waals surface area contributed by atoms with Gasteiger partial charge in [-0.05, 0) is 30.5 Å². The Morgan fingerprint density at radius 1 is 1.44 bits per heavy atom. The molecule has 1 rings (SSSR count). The Morgan fingerprint density at radius 2 is 2.17 bits per heavy atom. The number of benzene rings is 1. The van der Waals surface area contributed by atoms with Crippen LogP contribution in [0.2, 0.25) is 0 Å². The van der Waals surface area contributed by atoms with E-state index in [9.17, 15) is 9.18 Å². The number of carbonyl (C=O) groups is 1. The van der Waals surface area contributed by atoms with Crippen LogP contribution in [0.3, 0.4) is 0 Å². The van der Waals surface area contributed by atoms with Gasteiger partial charge in [-0.2, -0.15) is 0 Å². The minimum absolute atomic E-state index is 0.0145. The largest absolute Gasteiger partial charge is 0.491 e. The van der Waals surface area contributed by atoms with Crippen LogP contribution in [-0.2, 0) is 11.3 Å². The molecule has 0 heterocycles. The number of hydrogen-bond donors (Lipinski definition) is 1. The second-order valence-electron chi connectivity index (χ2n) is 4.57. The zero-order valence-electron chi connectivity index (χ0n) is 11.1. The molecule has 0 unspecified atom stereocenters. The highest BCUT2D eigenvalue weighted by molar-refractivity contribution is 5.76. The molecule has 1 N–H and O–H groups in total. The average molecular weight is 253 g/mol. The van der Waals surface area contributed by atoms with Crippen LogP contribution in [0.4, 0.5) is 4.39 Å². The van der Waals surface area contributed by atoms with Crippen molar-refractivity contribution in [2.75, 3.05) is 6.61 Å². The van der Waals surface area contributed by atoms with E-state index in [1.165, 1.54) is 6.07 Å². The molecule has 0 bridgehead atoms. The molecular formula is C14H20FNO2. The van der Waals surface area contributed by atoms with E-state index in [0.717, 1.165) is 5.56 Å². The normalized spacial score (nSPS) is 10.5. The van der Waals surface area contributed by atoms with Crippen molar-refractivity contribution in [3.8, 4) is 5.75 Å². The molecule has 3 nitrogen and oxygen atoms in total. The van der Waals surface area contributed by atoms with Crippen molar-refractivity contribution in [2.24, 2.45) is 5.92 Å². The molecule has 0 aliphatic carbocycles. The summed E-state index contributed by atoms with van der Waals surface area (Å²) in [7, 11) is 0. The number of halogens is 1. The van der Waals surface area contributed by atoms with E-state index in [-0.39, 0.29) is 11.7 Å². The summed E-state index contributed by atoms with van der Waals surface area (Å²) in [6, 6.07) is 4.73. The lowest BCUT2D eigenvalue weighted by molar-refractivity contribution is -0.121. The number of nitrogens with one attached hydrogen (secondary N) is 1. The summed E-state index contributed by atoms with van der Waals surface area (Å²) in [5.74, 6) is 0.156. The summed E-state index contributed by atoms with van der Waals surface area (Å²) in [6.07, 6.45) is 0.486. The van der Waals surface area contributed by atoms with Crippen LogP contribution >= 0.6 is 0 Å². The Labute approximate surface area is 107 Å². The van der Waals surface area contributed by atoms with Crippen LogP contribution in [0.15, 0.2) is 18.2 Å². The first-order chi connectivity index (χ1) is 8.52. The molecule has 0 aliphatic rings. The van der Waals surface area contributed by atoms with Crippen molar-refractivity contribution in [1.82, 2.24) is 5.32 Å². The van der Waals surface area contributed by atoms with Gasteiger partial charge in [0.05, 0.1) is 6.61 Å². The van der Waals surface area contributed by atoms with Gasteiger partial charge in [-0.25, -0.2) is 4.39 Å². The van der Waals surface area contributed by atoms with Crippen LogP contribution in [0, 0.1) is 11.7 Å². The smallest absolute Gasteiger partial charge is 0.220 e. The van der Waals surface area contributed by atoms with E-state index in [4.69, 9.17) is 4.74 Å². The number of carbonyl (C=O) groups excluding carboxylic acids is 1. The zero-order valence-corrected chi connectivity index (χ0v) is 11.1. The molecule has 1 aromatic rings. The van der Waals surface area contributed by atoms with Crippen molar-refractivity contribution < 1.29 is 13.9 Å². The van der Waals surface area contributed by atoms with E-state index >= 15 is 0 Å². The Balaban J connectivity index is 2.53. The monoisotopic (exact) mass is 253 g/mol. The van der Waals surface area contributed by atoms with Crippen molar-refractivity contribution in [1.29, 1.82) is 0 Å². The van der Waals surface area contributed by atoms with E-state index in [2.05, 4.69) is 5.32 Å². The Morgan fingerprint density at radius 3 is 2.72 bits per heavy atom. The van der Waals surface area contributed by atoms with Crippen LogP contribution in [0.25, 0.3) is 0 Å². The van der Waals surface area contributed by atoms with Gasteiger partial charge in [0.15, 0.2) is 11.6 Å². The van der Waals surface area contributed by atoms with E-state index in [0.29, 0.717) is 25.5 Å². The third-order valence-corrected chi connectivity index (χ3v) is 2.38. The molecule has 0 aromatic heterocycles. The van der Waals surface area contributed by atoms with Gasteiger partial charge in [0, 0.05) is 13.0 Å². The quantitative estimate of drug-likeness (QED) is 0.846. The average Bonchev–Trinajstić information content (AvgIpc) is 2.29. The highest BCUT2D eigenvalue weighted by Crippen LogP contribution is 2.18. The molecular weight excluding hydrogens is 233 g/mol. The van der Waals surface area contributed by atoms with Gasteiger partial charge in [-0.1, -0.05) is 19.9 Å². The number of ether oxygens (including phenoxy) is 1. The van der Waals surface area contributed by atoms with Gasteiger partial charge in [0.1, 0.15) is 0 Å². The van der Waals surface area contributed by atoms with Gasteiger partial charge in [-0.3, -0.25) is 4.79 Å². The fraction of sp³-hybridized carbons (Fsp3) is 0.500. The Bertz CT molecular complexity index is 405. The van der Waals surface area contributed by atoms with Gasteiger partial charge >= 0.3 is 0 Å². The topological polar surface area (TPSA) is 38.3 Å². The van der Waals surface area contributed by atoms with Crippen LogP contribution < -0.4 is 10.1 Å². The lowest BCUT2D eigenvalue weighted by Crippen LogP contribution is -2.23. The standard InChI is InChI=1S/C14H20FNO2/c1-4-18-13-6-5-11(8-12(13)15)9-16-14(17)7-10(2)3/h5-6,8,10H,4,7,9H2,1-3H3,(H,16,17). The summed E-state index contributed by atoms with van der Waals surface area (Å²) < 4.78 is 18.6. The molecule has 0 spiro atoms. The second kappa shape index (κ2) is 6.99. The van der Waals surface area contributed by atoms with Gasteiger partial charge < -0.3 is 10.1 Å². The van der Waals surface area contributed by atoms with E-state index in [1.54, 1.807) is 19.1 Å². The lowest BCUT2D eigenvalue weighted by atomic mass is 10.1. The molecule has 1 amide bonds. The maximum atomic E-state index is 13.5. The summed E-state index contributed by atoms with van der Waals surface area (Å²) in [4.78, 5) is 11.5. The molecule has 0 saturated carbocycles. The number of amides is 1. The summed E-state index contributed by atoms with van der Waals surface area (Å²) >= 11 is 0. The maximum absolute atomic E-state index is 13.5. The highest BCUT2D eigenvalue weighted by Gasteiger charge is 2.07. The summed E-state index contributed by atoms with van der Waals surface area (Å²) in [5.41, 5.74) is 0.730. The van der Waals surface area contributed by atoms with Gasteiger partial charge in [0.2, 0.25) is 5.91 Å². The maximum Gasteiger partial charge on any atom is 0.220 e. The van der Waals surface area contributed by atoms with Crippen molar-refractivity contribution in [3.05, 3.63) is 29.6 Å². The van der Waals surface area contributed by atoms with E-state index in [1.807, 2.05) is 13.8 Å². The van der Waals surface area contributed by atoms with Crippen LogP contribution in [0.5, 0.6) is 5.75 Å². The Kier molecular flexibility index (Phi) is 5.62. The molecule has 4 heteroatoms. The number of hydrogen-bond acceptors (Lipinski definition) is 2. The molecule has 18 heavy (non-hydrogen) atoms. The zero-order chi connectivity index (χ0) is 13.5. The third-order valence-electron chi connectivity index (χ3n) is 2.38. The third kappa shape index (κ3) is 4.73. The summed E-state index contributed by atoms with van der Waals surface area (Å²) in [5, 5.41) is 2.76. The first-order valence-corrected chi connectivity index (χ1v) is 6.20. The lowest BCUT2D eigenvalue weighted by Gasteiger charge is -2.09. The number of rotatable bonds is 6. The highest BCUT2D eigenvalue weighted by atomic mass is 19.1. The molecule has 0 atom stereocenters. The SMILES string of the molecule is CCOc1ccc(CNC(=O)CC(C)C)cc1F. The van der Waals surface area contributed by atoms with Crippen LogP contribution in [-0.4, -0.2) is 12.5 Å². The van der Waals surface area contributed by atoms with E-state index < -0.39 is 5.82 Å². The molecule has 0 fully saturated rings.